The van der Waals surface area contributed by atoms with Crippen molar-refractivity contribution in [3.8, 4) is 11.4 Å². The molecule has 0 aliphatic heterocycles. The van der Waals surface area contributed by atoms with Crippen LogP contribution in [0.25, 0.3) is 11.4 Å². The minimum absolute atomic E-state index is 0.878. The smallest absolute Gasteiger partial charge is 0.103 e. The van der Waals surface area contributed by atoms with Gasteiger partial charge < -0.3 is 0 Å². The molecule has 0 aromatic carbocycles. The molecule has 3 nitrogen and oxygen atoms in total. The molecule has 19 heavy (non-hydrogen) atoms. The summed E-state index contributed by atoms with van der Waals surface area (Å²) in [6.07, 6.45) is 7.02. The summed E-state index contributed by atoms with van der Waals surface area (Å²) in [6, 6.07) is 15.3. The first kappa shape index (κ1) is 13.4. The van der Waals surface area contributed by atoms with Crippen LogP contribution in [-0.4, -0.2) is 15.0 Å². The number of pyridine rings is 3. The largest absolute Gasteiger partial charge is 0.265 e. The van der Waals surface area contributed by atoms with Crippen LogP contribution in [0.15, 0.2) is 77.8 Å². The quantitative estimate of drug-likeness (QED) is 0.682. The molecule has 3 rings (SSSR count). The van der Waals surface area contributed by atoms with E-state index in [1.165, 1.54) is 0 Å². The normalized spacial score (nSPS) is 9.32. The maximum Gasteiger partial charge on any atom is 0.103 e. The number of nitrogens with zero attached hydrogens (tertiary/aromatic N) is 3. The molecule has 0 unspecified atom stereocenters. The lowest BCUT2D eigenvalue weighted by molar-refractivity contribution is 1.24. The number of rotatable bonds is 1. The molecule has 0 aliphatic carbocycles. The molecule has 0 N–H and O–H groups in total. The van der Waals surface area contributed by atoms with E-state index in [9.17, 15) is 0 Å². The van der Waals surface area contributed by atoms with Gasteiger partial charge in [-0.1, -0.05) is 12.1 Å². The predicted molar refractivity (Wildman–Crippen MR) is 79.4 cm³/mol. The van der Waals surface area contributed by atoms with E-state index in [-0.39, 0.29) is 0 Å². The Bertz CT molecular complexity index is 573. The van der Waals surface area contributed by atoms with Crippen LogP contribution in [-0.2, 0) is 0 Å². The minimum Gasteiger partial charge on any atom is -0.265 e. The molecule has 0 saturated carbocycles. The zero-order valence-corrected chi connectivity index (χ0v) is 11.7. The van der Waals surface area contributed by atoms with E-state index in [2.05, 4.69) is 30.9 Å². The molecule has 94 valence electrons. The molecule has 3 aromatic rings. The van der Waals surface area contributed by atoms with E-state index in [1.54, 1.807) is 24.8 Å². The summed E-state index contributed by atoms with van der Waals surface area (Å²) in [5.41, 5.74) is 1.76. The topological polar surface area (TPSA) is 38.7 Å². The van der Waals surface area contributed by atoms with Gasteiger partial charge in [-0.2, -0.15) is 0 Å². The molecule has 3 aromatic heterocycles. The second-order valence-corrected chi connectivity index (χ2v) is 4.43. The summed E-state index contributed by atoms with van der Waals surface area (Å²) in [4.78, 5) is 12.2. The summed E-state index contributed by atoms with van der Waals surface area (Å²) in [6.45, 7) is 0. The third-order valence-corrected chi connectivity index (χ3v) is 2.87. The average molecular weight is 314 g/mol. The molecule has 0 spiro atoms. The van der Waals surface area contributed by atoms with E-state index < -0.39 is 0 Å². The Morgan fingerprint density at radius 2 is 1.42 bits per heavy atom. The van der Waals surface area contributed by atoms with Crippen LogP contribution in [0.2, 0.25) is 0 Å². The van der Waals surface area contributed by atoms with Crippen LogP contribution >= 0.6 is 15.9 Å². The first-order valence-electron chi connectivity index (χ1n) is 5.75. The Morgan fingerprint density at radius 1 is 0.684 bits per heavy atom. The summed E-state index contributed by atoms with van der Waals surface area (Å²) < 4.78 is 0.966. The highest BCUT2D eigenvalue weighted by molar-refractivity contribution is 9.10. The second-order valence-electron chi connectivity index (χ2n) is 3.57. The lowest BCUT2D eigenvalue weighted by atomic mass is 10.2. The number of aromatic nitrogens is 3. The van der Waals surface area contributed by atoms with Crippen molar-refractivity contribution >= 4 is 15.9 Å². The summed E-state index contributed by atoms with van der Waals surface area (Å²) >= 11 is 3.43. The molecular formula is C15H12BrN3. The van der Waals surface area contributed by atoms with Gasteiger partial charge in [-0.25, -0.2) is 0 Å². The lowest BCUT2D eigenvalue weighted by Gasteiger charge is -2.00. The van der Waals surface area contributed by atoms with Crippen molar-refractivity contribution < 1.29 is 0 Å². The van der Waals surface area contributed by atoms with E-state index in [4.69, 9.17) is 0 Å². The van der Waals surface area contributed by atoms with Crippen LogP contribution in [0.1, 0.15) is 0 Å². The Labute approximate surface area is 120 Å². The number of halogens is 1. The highest BCUT2D eigenvalue weighted by Gasteiger charge is 2.02. The van der Waals surface area contributed by atoms with Crippen molar-refractivity contribution in [2.45, 2.75) is 0 Å². The van der Waals surface area contributed by atoms with E-state index in [0.29, 0.717) is 0 Å². The monoisotopic (exact) mass is 313 g/mol. The first-order chi connectivity index (χ1) is 9.38. The van der Waals surface area contributed by atoms with Crippen molar-refractivity contribution in [2.24, 2.45) is 0 Å². The fourth-order valence-corrected chi connectivity index (χ4v) is 1.85. The summed E-state index contributed by atoms with van der Waals surface area (Å²) in [5.74, 6) is 0. The average Bonchev–Trinajstić information content (AvgIpc) is 2.51. The standard InChI is InChI=1S/C10H7BrN2.C5H5N/c11-8-4-3-7-13-10(8)9-5-1-2-6-12-9;1-2-4-6-5-3-1/h1-7H;1-5H. The van der Waals surface area contributed by atoms with Crippen LogP contribution < -0.4 is 0 Å². The van der Waals surface area contributed by atoms with Gasteiger partial charge >= 0.3 is 0 Å². The van der Waals surface area contributed by atoms with Gasteiger partial charge in [0.2, 0.25) is 0 Å². The van der Waals surface area contributed by atoms with Crippen LogP contribution in [0.5, 0.6) is 0 Å². The highest BCUT2D eigenvalue weighted by Crippen LogP contribution is 2.22. The van der Waals surface area contributed by atoms with Gasteiger partial charge in [0.05, 0.1) is 5.69 Å². The van der Waals surface area contributed by atoms with Crippen LogP contribution in [0, 0.1) is 0 Å². The molecule has 0 saturated heterocycles. The maximum absolute atomic E-state index is 4.24. The molecule has 0 atom stereocenters. The predicted octanol–water partition coefficient (Wildman–Crippen LogP) is 3.99. The van der Waals surface area contributed by atoms with Crippen molar-refractivity contribution in [2.75, 3.05) is 0 Å². The SMILES string of the molecule is Brc1cccnc1-c1ccccn1.c1ccncc1. The molecular weight excluding hydrogens is 302 g/mol. The van der Waals surface area contributed by atoms with Crippen LogP contribution in [0.4, 0.5) is 0 Å². The number of hydrogen-bond donors (Lipinski definition) is 0. The van der Waals surface area contributed by atoms with Crippen molar-refractivity contribution in [1.82, 2.24) is 15.0 Å². The molecule has 4 heteroatoms. The van der Waals surface area contributed by atoms with Gasteiger partial charge in [-0.3, -0.25) is 15.0 Å². The Hall–Kier alpha value is -2.07. The van der Waals surface area contributed by atoms with Crippen molar-refractivity contribution in [1.29, 1.82) is 0 Å². The van der Waals surface area contributed by atoms with Gasteiger partial charge in [0.25, 0.3) is 0 Å². The van der Waals surface area contributed by atoms with E-state index in [1.807, 2.05) is 48.5 Å². The van der Waals surface area contributed by atoms with Crippen molar-refractivity contribution in [3.05, 3.63) is 77.8 Å². The van der Waals surface area contributed by atoms with Gasteiger partial charge in [0.15, 0.2) is 0 Å². The fourth-order valence-electron chi connectivity index (χ4n) is 1.39. The molecule has 0 bridgehead atoms. The zero-order chi connectivity index (χ0) is 13.3. The molecule has 0 fully saturated rings. The minimum atomic E-state index is 0.878. The first-order valence-corrected chi connectivity index (χ1v) is 6.54. The van der Waals surface area contributed by atoms with E-state index >= 15 is 0 Å². The second kappa shape index (κ2) is 7.38. The Morgan fingerprint density at radius 3 is 1.95 bits per heavy atom. The highest BCUT2D eigenvalue weighted by atomic mass is 79.9. The Kier molecular flexibility index (Phi) is 5.19. The van der Waals surface area contributed by atoms with Crippen molar-refractivity contribution in [3.63, 3.8) is 0 Å². The Balaban J connectivity index is 0.000000186. The molecule has 0 radical (unpaired) electrons. The summed E-state index contributed by atoms with van der Waals surface area (Å²) in [5, 5.41) is 0. The molecule has 0 amide bonds. The van der Waals surface area contributed by atoms with E-state index in [0.717, 1.165) is 15.9 Å². The van der Waals surface area contributed by atoms with Crippen LogP contribution in [0.3, 0.4) is 0 Å². The summed E-state index contributed by atoms with van der Waals surface area (Å²) in [7, 11) is 0. The molecule has 3 heterocycles. The lowest BCUT2D eigenvalue weighted by Crippen LogP contribution is -1.86. The van der Waals surface area contributed by atoms with Gasteiger partial charge in [0, 0.05) is 29.3 Å². The van der Waals surface area contributed by atoms with Gasteiger partial charge in [0.1, 0.15) is 5.69 Å². The molecule has 0 aliphatic rings. The third kappa shape index (κ3) is 4.26. The zero-order valence-electron chi connectivity index (χ0n) is 10.1. The fraction of sp³-hybridized carbons (Fsp3) is 0. The maximum atomic E-state index is 4.24. The third-order valence-electron chi connectivity index (χ3n) is 2.23. The van der Waals surface area contributed by atoms with Gasteiger partial charge in [-0.15, -0.1) is 0 Å². The van der Waals surface area contributed by atoms with Gasteiger partial charge in [-0.05, 0) is 52.3 Å². The number of hydrogen-bond acceptors (Lipinski definition) is 3.